The smallest absolute Gasteiger partial charge is 0.261 e. The van der Waals surface area contributed by atoms with E-state index in [2.05, 4.69) is 10.0 Å². The second kappa shape index (κ2) is 9.50. The van der Waals surface area contributed by atoms with E-state index in [1.165, 1.54) is 24.3 Å². The van der Waals surface area contributed by atoms with Crippen molar-refractivity contribution in [2.45, 2.75) is 55.5 Å². The molecule has 7 nitrogen and oxygen atoms in total. The predicted octanol–water partition coefficient (Wildman–Crippen LogP) is 3.80. The lowest BCUT2D eigenvalue weighted by molar-refractivity contribution is -0.125. The van der Waals surface area contributed by atoms with Crippen LogP contribution in [0.1, 0.15) is 48.9 Å². The number of hydrogen-bond donors (Lipinski definition) is 2. The molecule has 0 bridgehead atoms. The summed E-state index contributed by atoms with van der Waals surface area (Å²) in [5.41, 5.74) is 0.758. The van der Waals surface area contributed by atoms with E-state index in [-0.39, 0.29) is 22.8 Å². The van der Waals surface area contributed by atoms with Crippen molar-refractivity contribution in [1.82, 2.24) is 10.2 Å². The van der Waals surface area contributed by atoms with E-state index < -0.39 is 16.1 Å². The summed E-state index contributed by atoms with van der Waals surface area (Å²) in [7, 11) is -3.77. The van der Waals surface area contributed by atoms with Gasteiger partial charge in [-0.1, -0.05) is 24.4 Å². The number of benzene rings is 2. The van der Waals surface area contributed by atoms with Gasteiger partial charge in [0.25, 0.3) is 15.9 Å². The number of halogens is 1. The number of nitrogens with zero attached hydrogens (tertiary/aromatic N) is 1. The van der Waals surface area contributed by atoms with Crippen LogP contribution in [0, 0.1) is 0 Å². The Morgan fingerprint density at radius 3 is 2.22 bits per heavy atom. The molecule has 2 N–H and O–H groups in total. The number of hydrogen-bond acceptors (Lipinski definition) is 4. The van der Waals surface area contributed by atoms with Gasteiger partial charge in [0.15, 0.2) is 0 Å². The maximum absolute atomic E-state index is 13.0. The van der Waals surface area contributed by atoms with Gasteiger partial charge in [-0.3, -0.25) is 14.3 Å². The molecule has 9 heteroatoms. The molecule has 1 unspecified atom stereocenters. The highest BCUT2D eigenvalue weighted by atomic mass is 35.5. The van der Waals surface area contributed by atoms with Crippen molar-refractivity contribution in [3.8, 4) is 0 Å². The molecular weight excluding hydrogens is 450 g/mol. The zero-order valence-electron chi connectivity index (χ0n) is 17.6. The predicted molar refractivity (Wildman–Crippen MR) is 123 cm³/mol. The van der Waals surface area contributed by atoms with Gasteiger partial charge in [0.2, 0.25) is 5.91 Å². The SMILES string of the molecule is O=C(NC1CCCC1)C1CCCN1C(=O)c1ccc(NS(=O)(=O)c2ccc(Cl)cc2)cc1. The van der Waals surface area contributed by atoms with E-state index in [1.807, 2.05) is 0 Å². The summed E-state index contributed by atoms with van der Waals surface area (Å²) in [6.07, 6.45) is 5.70. The standard InChI is InChI=1S/C23H26ClN3O4S/c24-17-9-13-20(14-10-17)32(30,31)26-19-11-7-16(8-12-19)23(29)27-15-3-6-21(27)22(28)25-18-4-1-2-5-18/h7-14,18,21,26H,1-6,15H2,(H,25,28). The van der Waals surface area contributed by atoms with Crippen molar-refractivity contribution in [2.75, 3.05) is 11.3 Å². The monoisotopic (exact) mass is 475 g/mol. The third-order valence-corrected chi connectivity index (χ3v) is 7.68. The van der Waals surface area contributed by atoms with Gasteiger partial charge in [-0.2, -0.15) is 0 Å². The average molecular weight is 476 g/mol. The van der Waals surface area contributed by atoms with Gasteiger partial charge in [-0.05, 0) is 74.2 Å². The highest BCUT2D eigenvalue weighted by Gasteiger charge is 2.35. The molecule has 32 heavy (non-hydrogen) atoms. The first-order valence-electron chi connectivity index (χ1n) is 10.8. The molecule has 0 spiro atoms. The second-order valence-corrected chi connectivity index (χ2v) is 10.4. The highest BCUT2D eigenvalue weighted by molar-refractivity contribution is 7.92. The lowest BCUT2D eigenvalue weighted by Gasteiger charge is -2.25. The van der Waals surface area contributed by atoms with Gasteiger partial charge in [0, 0.05) is 28.9 Å². The van der Waals surface area contributed by atoms with Crippen LogP contribution in [0.25, 0.3) is 0 Å². The number of likely N-dealkylation sites (tertiary alicyclic amines) is 1. The third kappa shape index (κ3) is 5.07. The van der Waals surface area contributed by atoms with Crippen LogP contribution in [0.4, 0.5) is 5.69 Å². The van der Waals surface area contributed by atoms with Crippen LogP contribution < -0.4 is 10.0 Å². The molecule has 1 saturated heterocycles. The van der Waals surface area contributed by atoms with Gasteiger partial charge >= 0.3 is 0 Å². The van der Waals surface area contributed by atoms with Gasteiger partial charge in [0.1, 0.15) is 6.04 Å². The van der Waals surface area contributed by atoms with Gasteiger partial charge < -0.3 is 10.2 Å². The van der Waals surface area contributed by atoms with E-state index in [4.69, 9.17) is 11.6 Å². The molecule has 1 saturated carbocycles. The van der Waals surface area contributed by atoms with Crippen molar-refractivity contribution < 1.29 is 18.0 Å². The molecule has 0 radical (unpaired) electrons. The Morgan fingerprint density at radius 2 is 1.56 bits per heavy atom. The molecule has 2 fully saturated rings. The molecule has 2 aliphatic rings. The van der Waals surface area contributed by atoms with E-state index in [1.54, 1.807) is 29.2 Å². The Morgan fingerprint density at radius 1 is 0.906 bits per heavy atom. The van der Waals surface area contributed by atoms with Crippen LogP contribution >= 0.6 is 11.6 Å². The maximum Gasteiger partial charge on any atom is 0.261 e. The summed E-state index contributed by atoms with van der Waals surface area (Å²) in [4.78, 5) is 27.5. The first-order chi connectivity index (χ1) is 15.3. The van der Waals surface area contributed by atoms with Crippen molar-refractivity contribution in [3.05, 3.63) is 59.1 Å². The molecule has 4 rings (SSSR count). The van der Waals surface area contributed by atoms with Crippen molar-refractivity contribution in [2.24, 2.45) is 0 Å². The number of carbonyl (C=O) groups is 2. The van der Waals surface area contributed by atoms with Crippen molar-refractivity contribution in [3.63, 3.8) is 0 Å². The summed E-state index contributed by atoms with van der Waals surface area (Å²) >= 11 is 5.82. The maximum atomic E-state index is 13.0. The molecule has 1 aliphatic carbocycles. The Hall–Kier alpha value is -2.58. The third-order valence-electron chi connectivity index (χ3n) is 6.03. The number of amides is 2. The van der Waals surface area contributed by atoms with Crippen LogP contribution in [0.5, 0.6) is 0 Å². The molecule has 2 amide bonds. The van der Waals surface area contributed by atoms with Crippen LogP contribution in [-0.4, -0.2) is 43.8 Å². The Kier molecular flexibility index (Phi) is 6.71. The van der Waals surface area contributed by atoms with Crippen molar-refractivity contribution in [1.29, 1.82) is 0 Å². The fourth-order valence-electron chi connectivity index (χ4n) is 4.32. The number of anilines is 1. The first kappa shape index (κ1) is 22.6. The lowest BCUT2D eigenvalue weighted by Crippen LogP contribution is -2.48. The molecule has 1 atom stereocenters. The highest BCUT2D eigenvalue weighted by Crippen LogP contribution is 2.24. The molecule has 2 aromatic rings. The van der Waals surface area contributed by atoms with Crippen LogP contribution in [-0.2, 0) is 14.8 Å². The lowest BCUT2D eigenvalue weighted by atomic mass is 10.1. The summed E-state index contributed by atoms with van der Waals surface area (Å²) < 4.78 is 27.6. The van der Waals surface area contributed by atoms with Gasteiger partial charge in [0.05, 0.1) is 4.90 Å². The van der Waals surface area contributed by atoms with Gasteiger partial charge in [-0.15, -0.1) is 0 Å². The Bertz CT molecular complexity index is 1080. The van der Waals surface area contributed by atoms with Crippen molar-refractivity contribution >= 4 is 39.1 Å². The van der Waals surface area contributed by atoms with E-state index in [0.717, 1.165) is 32.1 Å². The molecular formula is C23H26ClN3O4S. The number of carbonyl (C=O) groups excluding carboxylic acids is 2. The van der Waals surface area contributed by atoms with E-state index in [9.17, 15) is 18.0 Å². The fraction of sp³-hybridized carbons (Fsp3) is 0.391. The zero-order chi connectivity index (χ0) is 22.7. The molecule has 2 aromatic carbocycles. The number of sulfonamides is 1. The molecule has 0 aromatic heterocycles. The number of rotatable bonds is 6. The Balaban J connectivity index is 1.42. The second-order valence-electron chi connectivity index (χ2n) is 8.28. The zero-order valence-corrected chi connectivity index (χ0v) is 19.2. The first-order valence-corrected chi connectivity index (χ1v) is 12.7. The topological polar surface area (TPSA) is 95.6 Å². The fourth-order valence-corrected chi connectivity index (χ4v) is 5.51. The van der Waals surface area contributed by atoms with Crippen LogP contribution in [0.2, 0.25) is 5.02 Å². The minimum atomic E-state index is -3.77. The van der Waals surface area contributed by atoms with E-state index in [0.29, 0.717) is 29.2 Å². The minimum absolute atomic E-state index is 0.0740. The largest absolute Gasteiger partial charge is 0.352 e. The minimum Gasteiger partial charge on any atom is -0.352 e. The summed E-state index contributed by atoms with van der Waals surface area (Å²) in [6, 6.07) is 11.9. The Labute approximate surface area is 193 Å². The summed E-state index contributed by atoms with van der Waals surface area (Å²) in [5.74, 6) is -0.295. The average Bonchev–Trinajstić information content (AvgIpc) is 3.46. The molecule has 1 heterocycles. The molecule has 170 valence electrons. The normalized spacial score (nSPS) is 19.2. The van der Waals surface area contributed by atoms with Crippen LogP contribution in [0.15, 0.2) is 53.4 Å². The number of nitrogens with one attached hydrogen (secondary N) is 2. The summed E-state index contributed by atoms with van der Waals surface area (Å²) in [6.45, 7) is 0.534. The molecule has 1 aliphatic heterocycles. The van der Waals surface area contributed by atoms with Crippen LogP contribution in [0.3, 0.4) is 0 Å². The quantitative estimate of drug-likeness (QED) is 0.664. The van der Waals surface area contributed by atoms with E-state index >= 15 is 0 Å². The van der Waals surface area contributed by atoms with Gasteiger partial charge in [-0.25, -0.2) is 8.42 Å². The summed E-state index contributed by atoms with van der Waals surface area (Å²) in [5, 5.41) is 3.54.